The minimum absolute atomic E-state index is 0.00702. The maximum atomic E-state index is 12.1. The predicted molar refractivity (Wildman–Crippen MR) is 93.4 cm³/mol. The van der Waals surface area contributed by atoms with Crippen molar-refractivity contribution in [1.82, 2.24) is 5.32 Å². The van der Waals surface area contributed by atoms with Crippen LogP contribution >= 0.6 is 0 Å². The predicted octanol–water partition coefficient (Wildman–Crippen LogP) is 2.18. The fourth-order valence-corrected chi connectivity index (χ4v) is 2.62. The summed E-state index contributed by atoms with van der Waals surface area (Å²) in [5.74, 6) is -0.791. The molecule has 1 aliphatic rings. The normalized spacial score (nSPS) is 12.3. The summed E-state index contributed by atoms with van der Waals surface area (Å²) in [7, 11) is 1.54. The minimum Gasteiger partial charge on any atom is -0.497 e. The zero-order valence-electron chi connectivity index (χ0n) is 14.0. The van der Waals surface area contributed by atoms with Crippen LogP contribution in [0.3, 0.4) is 0 Å². The Hall–Kier alpha value is -3.48. The highest BCUT2D eigenvalue weighted by atomic mass is 16.5. The number of amides is 3. The first-order valence-corrected chi connectivity index (χ1v) is 7.95. The number of nitrogens with one attached hydrogen (secondary N) is 2. The maximum absolute atomic E-state index is 12.1. The van der Waals surface area contributed by atoms with Gasteiger partial charge in [0.25, 0.3) is 11.8 Å². The Morgan fingerprint density at radius 2 is 1.65 bits per heavy atom. The lowest BCUT2D eigenvalue weighted by Gasteiger charge is -2.06. The van der Waals surface area contributed by atoms with Gasteiger partial charge in [-0.25, -0.2) is 0 Å². The van der Waals surface area contributed by atoms with Crippen LogP contribution in [-0.4, -0.2) is 30.6 Å². The molecule has 0 fully saturated rings. The Balaban J connectivity index is 1.57. The third-order valence-electron chi connectivity index (χ3n) is 4.01. The van der Waals surface area contributed by atoms with Crippen LogP contribution in [0.15, 0.2) is 42.5 Å². The summed E-state index contributed by atoms with van der Waals surface area (Å²) in [5, 5.41) is 4.81. The molecule has 0 unspecified atom stereocenters. The number of carbonyl (C=O) groups is 4. The number of hydrogen-bond donors (Lipinski definition) is 2. The first-order valence-electron chi connectivity index (χ1n) is 7.95. The molecule has 0 saturated heterocycles. The second-order valence-electron chi connectivity index (χ2n) is 5.74. The molecule has 0 bridgehead atoms. The highest BCUT2D eigenvalue weighted by Crippen LogP contribution is 2.20. The van der Waals surface area contributed by atoms with Crippen molar-refractivity contribution < 1.29 is 23.9 Å². The molecule has 2 N–H and O–H groups in total. The summed E-state index contributed by atoms with van der Waals surface area (Å²) in [4.78, 5) is 47.3. The molecule has 0 aliphatic carbocycles. The number of rotatable bonds is 6. The number of ketones is 1. The molecular formula is C19H16N2O5. The third kappa shape index (κ3) is 3.61. The van der Waals surface area contributed by atoms with Gasteiger partial charge in [0.15, 0.2) is 5.78 Å². The molecule has 0 atom stereocenters. The van der Waals surface area contributed by atoms with E-state index in [1.165, 1.54) is 12.1 Å². The van der Waals surface area contributed by atoms with Crippen LogP contribution in [-0.2, 0) is 4.79 Å². The number of benzene rings is 2. The second-order valence-corrected chi connectivity index (χ2v) is 5.74. The zero-order chi connectivity index (χ0) is 18.7. The molecule has 0 aromatic heterocycles. The number of anilines is 1. The average molecular weight is 352 g/mol. The lowest BCUT2D eigenvalue weighted by Crippen LogP contribution is -2.19. The number of imide groups is 1. The summed E-state index contributed by atoms with van der Waals surface area (Å²) < 4.78 is 5.03. The number of hydrogen-bond acceptors (Lipinski definition) is 5. The maximum Gasteiger partial charge on any atom is 0.259 e. The van der Waals surface area contributed by atoms with E-state index >= 15 is 0 Å². The van der Waals surface area contributed by atoms with Crippen LogP contribution < -0.4 is 15.4 Å². The van der Waals surface area contributed by atoms with Gasteiger partial charge < -0.3 is 10.1 Å². The lowest BCUT2D eigenvalue weighted by molar-refractivity contribution is -0.116. The molecule has 26 heavy (non-hydrogen) atoms. The fraction of sp³-hybridized carbons (Fsp3) is 0.158. The van der Waals surface area contributed by atoms with Crippen molar-refractivity contribution in [1.29, 1.82) is 0 Å². The Kier molecular flexibility index (Phi) is 4.79. The fourth-order valence-electron chi connectivity index (χ4n) is 2.62. The van der Waals surface area contributed by atoms with Gasteiger partial charge in [-0.15, -0.1) is 0 Å². The van der Waals surface area contributed by atoms with Crippen molar-refractivity contribution >= 4 is 29.2 Å². The number of methoxy groups -OCH3 is 1. The van der Waals surface area contributed by atoms with Crippen molar-refractivity contribution in [2.45, 2.75) is 12.8 Å². The number of fused-ring (bicyclic) bond motifs is 1. The van der Waals surface area contributed by atoms with Gasteiger partial charge in [-0.1, -0.05) is 0 Å². The quantitative estimate of drug-likeness (QED) is 0.613. The summed E-state index contributed by atoms with van der Waals surface area (Å²) in [5.41, 5.74) is 1.41. The zero-order valence-corrected chi connectivity index (χ0v) is 14.0. The SMILES string of the molecule is COc1ccc(C(=O)CCC(=O)Nc2ccc3c(c2)C(=O)NC3=O)cc1. The van der Waals surface area contributed by atoms with Crippen LogP contribution in [0.4, 0.5) is 5.69 Å². The van der Waals surface area contributed by atoms with Gasteiger partial charge in [-0.3, -0.25) is 24.5 Å². The Morgan fingerprint density at radius 1 is 0.962 bits per heavy atom. The van der Waals surface area contributed by atoms with Crippen molar-refractivity contribution in [3.8, 4) is 5.75 Å². The number of Topliss-reactive ketones (excluding diaryl/α,β-unsaturated/α-hetero) is 1. The van der Waals surface area contributed by atoms with Crippen LogP contribution in [0.25, 0.3) is 0 Å². The molecule has 1 aliphatic heterocycles. The van der Waals surface area contributed by atoms with E-state index in [1.54, 1.807) is 37.4 Å². The van der Waals surface area contributed by atoms with E-state index in [9.17, 15) is 19.2 Å². The van der Waals surface area contributed by atoms with Gasteiger partial charge in [0.05, 0.1) is 18.2 Å². The third-order valence-corrected chi connectivity index (χ3v) is 4.01. The smallest absolute Gasteiger partial charge is 0.259 e. The van der Waals surface area contributed by atoms with E-state index < -0.39 is 11.8 Å². The van der Waals surface area contributed by atoms with E-state index in [-0.39, 0.29) is 35.7 Å². The highest BCUT2D eigenvalue weighted by Gasteiger charge is 2.26. The summed E-state index contributed by atoms with van der Waals surface area (Å²) in [6.07, 6.45) is 0.0646. The molecule has 2 aromatic carbocycles. The van der Waals surface area contributed by atoms with Crippen LogP contribution in [0.2, 0.25) is 0 Å². The Bertz CT molecular complexity index is 903. The number of carbonyl (C=O) groups excluding carboxylic acids is 4. The molecule has 2 aromatic rings. The standard InChI is InChI=1S/C19H16N2O5/c1-26-13-5-2-11(3-6-13)16(22)8-9-17(23)20-12-4-7-14-15(10-12)19(25)21-18(14)24/h2-7,10H,8-9H2,1H3,(H,20,23)(H,21,24,25). The molecule has 7 nitrogen and oxygen atoms in total. The molecule has 0 spiro atoms. The van der Waals surface area contributed by atoms with Gasteiger partial charge in [0, 0.05) is 24.1 Å². The number of ether oxygens (including phenoxy) is 1. The molecule has 7 heteroatoms. The van der Waals surface area contributed by atoms with E-state index in [4.69, 9.17) is 4.74 Å². The van der Waals surface area contributed by atoms with Crippen LogP contribution in [0, 0.1) is 0 Å². The van der Waals surface area contributed by atoms with E-state index in [0.29, 0.717) is 17.0 Å². The van der Waals surface area contributed by atoms with Crippen molar-refractivity contribution in [2.75, 3.05) is 12.4 Å². The Labute approximate surface area is 149 Å². The van der Waals surface area contributed by atoms with Gasteiger partial charge in [0.1, 0.15) is 5.75 Å². The second kappa shape index (κ2) is 7.18. The van der Waals surface area contributed by atoms with Gasteiger partial charge in [0.2, 0.25) is 5.91 Å². The van der Waals surface area contributed by atoms with Crippen molar-refractivity contribution in [3.05, 3.63) is 59.2 Å². The summed E-state index contributed by atoms with van der Waals surface area (Å²) >= 11 is 0. The van der Waals surface area contributed by atoms with Gasteiger partial charge in [-0.05, 0) is 42.5 Å². The van der Waals surface area contributed by atoms with Crippen molar-refractivity contribution in [3.63, 3.8) is 0 Å². The molecule has 1 heterocycles. The summed E-state index contributed by atoms with van der Waals surface area (Å²) in [6.45, 7) is 0. The van der Waals surface area contributed by atoms with E-state index in [2.05, 4.69) is 10.6 Å². The van der Waals surface area contributed by atoms with Gasteiger partial charge in [-0.2, -0.15) is 0 Å². The molecule has 3 amide bonds. The van der Waals surface area contributed by atoms with Crippen LogP contribution in [0.5, 0.6) is 5.75 Å². The topological polar surface area (TPSA) is 102 Å². The highest BCUT2D eigenvalue weighted by molar-refractivity contribution is 6.22. The molecular weight excluding hydrogens is 336 g/mol. The van der Waals surface area contributed by atoms with Crippen molar-refractivity contribution in [2.24, 2.45) is 0 Å². The first-order chi connectivity index (χ1) is 12.5. The van der Waals surface area contributed by atoms with Crippen LogP contribution in [0.1, 0.15) is 43.9 Å². The average Bonchev–Trinajstić information content (AvgIpc) is 2.93. The first kappa shape index (κ1) is 17.3. The molecule has 3 rings (SSSR count). The Morgan fingerprint density at radius 3 is 2.35 bits per heavy atom. The molecule has 0 radical (unpaired) electrons. The lowest BCUT2D eigenvalue weighted by atomic mass is 10.1. The van der Waals surface area contributed by atoms with E-state index in [1.807, 2.05) is 0 Å². The van der Waals surface area contributed by atoms with Gasteiger partial charge >= 0.3 is 0 Å². The largest absolute Gasteiger partial charge is 0.497 e. The molecule has 132 valence electrons. The molecule has 0 saturated carbocycles. The van der Waals surface area contributed by atoms with E-state index in [0.717, 1.165) is 0 Å². The summed E-state index contributed by atoms with van der Waals surface area (Å²) in [6, 6.07) is 11.1. The minimum atomic E-state index is -0.490. The monoisotopic (exact) mass is 352 g/mol.